The lowest BCUT2D eigenvalue weighted by Gasteiger charge is -2.13. The van der Waals surface area contributed by atoms with Gasteiger partial charge in [-0.05, 0) is 23.6 Å². The predicted octanol–water partition coefficient (Wildman–Crippen LogP) is 3.03. The highest BCUT2D eigenvalue weighted by atomic mass is 16.6. The van der Waals surface area contributed by atoms with E-state index in [0.29, 0.717) is 5.75 Å². The number of ether oxygens (including phenoxy) is 2. The van der Waals surface area contributed by atoms with Crippen LogP contribution in [0.15, 0.2) is 65.3 Å². The topological polar surface area (TPSA) is 68.9 Å². The highest BCUT2D eigenvalue weighted by Crippen LogP contribution is 2.25. The van der Waals surface area contributed by atoms with Gasteiger partial charge in [0.15, 0.2) is 0 Å². The number of fused-ring (bicyclic) bond motifs is 1. The normalized spacial score (nSPS) is 12.0. The molecule has 3 aromatic rings. The maximum atomic E-state index is 11.6. The molecule has 0 fully saturated rings. The van der Waals surface area contributed by atoms with Crippen LogP contribution in [0.5, 0.6) is 5.75 Å². The Bertz CT molecular complexity index is 774. The van der Waals surface area contributed by atoms with Crippen LogP contribution in [0.25, 0.3) is 10.8 Å². The number of hydrogen-bond donors (Lipinski definition) is 1. The molecule has 0 aliphatic heterocycles. The minimum absolute atomic E-state index is 0.0272. The first-order valence-corrected chi connectivity index (χ1v) is 7.23. The van der Waals surface area contributed by atoms with Crippen LogP contribution in [0.2, 0.25) is 0 Å². The highest BCUT2D eigenvalue weighted by molar-refractivity contribution is 5.88. The van der Waals surface area contributed by atoms with Gasteiger partial charge in [-0.15, -0.1) is 0 Å². The van der Waals surface area contributed by atoms with Crippen LogP contribution in [-0.2, 0) is 4.74 Å². The first-order valence-electron chi connectivity index (χ1n) is 7.23. The fraction of sp³-hybridized carbons (Fsp3) is 0.167. The Hall–Kier alpha value is -2.79. The Morgan fingerprint density at radius 2 is 1.87 bits per heavy atom. The van der Waals surface area contributed by atoms with Crippen LogP contribution >= 0.6 is 0 Å². The molecule has 0 aliphatic rings. The molecule has 1 heterocycles. The van der Waals surface area contributed by atoms with Crippen LogP contribution in [0.1, 0.15) is 10.6 Å². The van der Waals surface area contributed by atoms with E-state index < -0.39 is 12.1 Å². The van der Waals surface area contributed by atoms with Crippen LogP contribution in [0.3, 0.4) is 0 Å². The van der Waals surface area contributed by atoms with Gasteiger partial charge < -0.3 is 19.0 Å². The molecule has 0 saturated carbocycles. The molecular weight excluding hydrogens is 296 g/mol. The minimum atomic E-state index is -0.923. The van der Waals surface area contributed by atoms with Gasteiger partial charge in [0.05, 0.1) is 6.26 Å². The van der Waals surface area contributed by atoms with Crippen molar-refractivity contribution >= 4 is 16.7 Å². The van der Waals surface area contributed by atoms with Gasteiger partial charge in [0.2, 0.25) is 5.76 Å². The quantitative estimate of drug-likeness (QED) is 0.709. The van der Waals surface area contributed by atoms with Crippen molar-refractivity contribution in [2.75, 3.05) is 13.2 Å². The number of aliphatic hydroxyl groups excluding tert-OH is 1. The summed E-state index contributed by atoms with van der Waals surface area (Å²) in [6, 6.07) is 16.6. The smallest absolute Gasteiger partial charge is 0.374 e. The summed E-state index contributed by atoms with van der Waals surface area (Å²) in [6.45, 7) is -0.135. The highest BCUT2D eigenvalue weighted by Gasteiger charge is 2.14. The Kier molecular flexibility index (Phi) is 4.59. The van der Waals surface area contributed by atoms with E-state index in [1.165, 1.54) is 12.3 Å². The van der Waals surface area contributed by atoms with Gasteiger partial charge in [0.1, 0.15) is 25.1 Å². The second kappa shape index (κ2) is 6.98. The van der Waals surface area contributed by atoms with Crippen molar-refractivity contribution in [2.24, 2.45) is 0 Å². The lowest BCUT2D eigenvalue weighted by atomic mass is 10.1. The van der Waals surface area contributed by atoms with Gasteiger partial charge in [-0.1, -0.05) is 36.4 Å². The van der Waals surface area contributed by atoms with Gasteiger partial charge in [0, 0.05) is 5.39 Å². The second-order valence-corrected chi connectivity index (χ2v) is 5.02. The number of carbonyl (C=O) groups excluding carboxylic acids is 1. The van der Waals surface area contributed by atoms with Gasteiger partial charge in [-0.25, -0.2) is 4.79 Å². The predicted molar refractivity (Wildman–Crippen MR) is 84.4 cm³/mol. The second-order valence-electron chi connectivity index (χ2n) is 5.02. The summed E-state index contributed by atoms with van der Waals surface area (Å²) in [5, 5.41) is 11.9. The third kappa shape index (κ3) is 3.70. The Labute approximate surface area is 133 Å². The summed E-state index contributed by atoms with van der Waals surface area (Å²) in [6.07, 6.45) is 0.462. The molecule has 5 heteroatoms. The fourth-order valence-electron chi connectivity index (χ4n) is 2.19. The summed E-state index contributed by atoms with van der Waals surface area (Å²) >= 11 is 0. The van der Waals surface area contributed by atoms with Crippen molar-refractivity contribution in [3.8, 4) is 5.75 Å². The van der Waals surface area contributed by atoms with Crippen molar-refractivity contribution in [3.63, 3.8) is 0 Å². The Morgan fingerprint density at radius 1 is 1.04 bits per heavy atom. The van der Waals surface area contributed by atoms with Gasteiger partial charge >= 0.3 is 5.97 Å². The summed E-state index contributed by atoms with van der Waals surface area (Å²) in [5.74, 6) is 0.172. The van der Waals surface area contributed by atoms with Crippen LogP contribution in [0.4, 0.5) is 0 Å². The van der Waals surface area contributed by atoms with Crippen molar-refractivity contribution in [2.45, 2.75) is 6.10 Å². The monoisotopic (exact) mass is 312 g/mol. The molecule has 0 amide bonds. The van der Waals surface area contributed by atoms with Crippen molar-refractivity contribution in [1.82, 2.24) is 0 Å². The maximum absolute atomic E-state index is 11.6. The Morgan fingerprint density at radius 3 is 2.70 bits per heavy atom. The molecule has 0 saturated heterocycles. The molecule has 0 aliphatic carbocycles. The SMILES string of the molecule is O=C(OCC(O)COc1cccc2ccccc12)c1ccco1. The summed E-state index contributed by atoms with van der Waals surface area (Å²) in [5.41, 5.74) is 0. The molecule has 0 spiro atoms. The Balaban J connectivity index is 1.54. The molecule has 3 rings (SSSR count). The average molecular weight is 312 g/mol. The minimum Gasteiger partial charge on any atom is -0.490 e. The van der Waals surface area contributed by atoms with E-state index >= 15 is 0 Å². The van der Waals surface area contributed by atoms with E-state index in [0.717, 1.165) is 10.8 Å². The van der Waals surface area contributed by atoms with E-state index in [9.17, 15) is 9.90 Å². The van der Waals surface area contributed by atoms with Crippen LogP contribution < -0.4 is 4.74 Å². The third-order valence-electron chi connectivity index (χ3n) is 3.31. The molecule has 5 nitrogen and oxygen atoms in total. The zero-order valence-electron chi connectivity index (χ0n) is 12.3. The van der Waals surface area contributed by atoms with Crippen molar-refractivity contribution < 1.29 is 23.8 Å². The van der Waals surface area contributed by atoms with E-state index in [1.54, 1.807) is 6.07 Å². The molecule has 118 valence electrons. The molecule has 1 atom stereocenters. The lowest BCUT2D eigenvalue weighted by Crippen LogP contribution is -2.25. The fourth-order valence-corrected chi connectivity index (χ4v) is 2.19. The lowest BCUT2D eigenvalue weighted by molar-refractivity contribution is 0.0108. The maximum Gasteiger partial charge on any atom is 0.374 e. The number of esters is 1. The molecule has 1 aromatic heterocycles. The number of aliphatic hydroxyl groups is 1. The molecule has 1 unspecified atom stereocenters. The molecule has 1 N–H and O–H groups in total. The van der Waals surface area contributed by atoms with E-state index in [2.05, 4.69) is 0 Å². The standard InChI is InChI=1S/C18H16O5/c19-14(12-23-18(20)17-9-4-10-21-17)11-22-16-8-3-6-13-5-1-2-7-15(13)16/h1-10,14,19H,11-12H2. The van der Waals surface area contributed by atoms with Crippen LogP contribution in [0, 0.1) is 0 Å². The van der Waals surface area contributed by atoms with E-state index in [1.807, 2.05) is 42.5 Å². The molecular formula is C18H16O5. The number of hydrogen-bond acceptors (Lipinski definition) is 5. The van der Waals surface area contributed by atoms with Gasteiger partial charge in [-0.3, -0.25) is 0 Å². The third-order valence-corrected chi connectivity index (χ3v) is 3.31. The zero-order valence-corrected chi connectivity index (χ0v) is 12.3. The average Bonchev–Trinajstić information content (AvgIpc) is 3.12. The number of carbonyl (C=O) groups is 1. The molecule has 0 bridgehead atoms. The van der Waals surface area contributed by atoms with E-state index in [-0.39, 0.29) is 19.0 Å². The summed E-state index contributed by atoms with van der Waals surface area (Å²) < 4.78 is 15.5. The number of furan rings is 1. The van der Waals surface area contributed by atoms with Gasteiger partial charge in [-0.2, -0.15) is 0 Å². The molecule has 23 heavy (non-hydrogen) atoms. The van der Waals surface area contributed by atoms with Crippen LogP contribution in [-0.4, -0.2) is 30.4 Å². The van der Waals surface area contributed by atoms with Gasteiger partial charge in [0.25, 0.3) is 0 Å². The molecule has 0 radical (unpaired) electrons. The largest absolute Gasteiger partial charge is 0.490 e. The zero-order chi connectivity index (χ0) is 16.1. The number of rotatable bonds is 6. The van der Waals surface area contributed by atoms with Crippen molar-refractivity contribution in [1.29, 1.82) is 0 Å². The number of benzene rings is 2. The summed E-state index contributed by atoms with van der Waals surface area (Å²) in [7, 11) is 0. The molecule has 2 aromatic carbocycles. The summed E-state index contributed by atoms with van der Waals surface area (Å²) in [4.78, 5) is 11.6. The van der Waals surface area contributed by atoms with E-state index in [4.69, 9.17) is 13.9 Å². The van der Waals surface area contributed by atoms with Crippen molar-refractivity contribution in [3.05, 3.63) is 66.6 Å². The first kappa shape index (κ1) is 15.1. The first-order chi connectivity index (χ1) is 11.2.